The molecule has 0 spiro atoms. The third-order valence-electron chi connectivity index (χ3n) is 2.46. The van der Waals surface area contributed by atoms with E-state index in [0.29, 0.717) is 12.5 Å². The number of anilines is 1. The normalized spacial score (nSPS) is 10.5. The van der Waals surface area contributed by atoms with Crippen molar-refractivity contribution in [2.24, 2.45) is 0 Å². The zero-order valence-corrected chi connectivity index (χ0v) is 11.3. The van der Waals surface area contributed by atoms with E-state index in [-0.39, 0.29) is 0 Å². The van der Waals surface area contributed by atoms with Crippen LogP contribution in [0.4, 0.5) is 5.82 Å². The van der Waals surface area contributed by atoms with Gasteiger partial charge in [0, 0.05) is 37.8 Å². The fourth-order valence-corrected chi connectivity index (χ4v) is 1.80. The van der Waals surface area contributed by atoms with Gasteiger partial charge in [0.05, 0.1) is 6.61 Å². The summed E-state index contributed by atoms with van der Waals surface area (Å²) in [6.45, 7) is 4.38. The molecule has 0 saturated heterocycles. The Morgan fingerprint density at radius 1 is 1.35 bits per heavy atom. The Morgan fingerprint density at radius 2 is 2.18 bits per heavy atom. The number of ether oxygens (including phenoxy) is 1. The summed E-state index contributed by atoms with van der Waals surface area (Å²) in [6, 6.07) is 2.03. The maximum Gasteiger partial charge on any atom is 0.132 e. The van der Waals surface area contributed by atoms with E-state index in [1.165, 1.54) is 0 Å². The summed E-state index contributed by atoms with van der Waals surface area (Å²) >= 11 is 5.80. The number of hydrogen-bond acceptors (Lipinski definition) is 4. The van der Waals surface area contributed by atoms with Crippen molar-refractivity contribution < 1.29 is 4.74 Å². The molecule has 0 aliphatic rings. The molecule has 1 aromatic heterocycles. The Balaban J connectivity index is 2.73. The van der Waals surface area contributed by atoms with E-state index >= 15 is 0 Å². The third-order valence-corrected chi connectivity index (χ3v) is 2.63. The molecule has 0 unspecified atom stereocenters. The molecule has 17 heavy (non-hydrogen) atoms. The summed E-state index contributed by atoms with van der Waals surface area (Å²) in [5, 5.41) is 0. The predicted octanol–water partition coefficient (Wildman–Crippen LogP) is 2.12. The van der Waals surface area contributed by atoms with Gasteiger partial charge in [-0.1, -0.05) is 13.3 Å². The number of hydrogen-bond donors (Lipinski definition) is 0. The Morgan fingerprint density at radius 3 is 2.82 bits per heavy atom. The van der Waals surface area contributed by atoms with Gasteiger partial charge in [0.15, 0.2) is 0 Å². The first-order chi connectivity index (χ1) is 8.31. The van der Waals surface area contributed by atoms with Crippen LogP contribution in [0.2, 0.25) is 0 Å². The minimum absolute atomic E-state index is 0.580. The number of aryl methyl sites for hydroxylation is 1. The quantitative estimate of drug-likeness (QED) is 0.669. The van der Waals surface area contributed by atoms with Gasteiger partial charge in [-0.15, -0.1) is 11.6 Å². The molecule has 1 heterocycles. The predicted molar refractivity (Wildman–Crippen MR) is 70.8 cm³/mol. The van der Waals surface area contributed by atoms with Crippen molar-refractivity contribution in [1.29, 1.82) is 0 Å². The second kappa shape index (κ2) is 8.25. The van der Waals surface area contributed by atoms with E-state index in [0.717, 1.165) is 37.4 Å². The average Bonchev–Trinajstić information content (AvgIpc) is 2.35. The van der Waals surface area contributed by atoms with Gasteiger partial charge in [0.25, 0.3) is 0 Å². The van der Waals surface area contributed by atoms with Crippen molar-refractivity contribution in [2.75, 3.05) is 37.6 Å². The highest BCUT2D eigenvalue weighted by atomic mass is 35.5. The summed E-state index contributed by atoms with van der Waals surface area (Å²) < 4.78 is 5.09. The maximum absolute atomic E-state index is 5.80. The molecule has 0 fully saturated rings. The number of halogens is 1. The first-order valence-corrected chi connectivity index (χ1v) is 6.46. The van der Waals surface area contributed by atoms with Crippen LogP contribution in [-0.2, 0) is 11.2 Å². The van der Waals surface area contributed by atoms with Gasteiger partial charge >= 0.3 is 0 Å². The molecule has 0 aliphatic heterocycles. The zero-order chi connectivity index (χ0) is 12.5. The van der Waals surface area contributed by atoms with Gasteiger partial charge in [0.2, 0.25) is 0 Å². The molecule has 0 aromatic carbocycles. The highest BCUT2D eigenvalue weighted by Crippen LogP contribution is 2.12. The molecule has 0 bridgehead atoms. The Kier molecular flexibility index (Phi) is 6.89. The molecule has 96 valence electrons. The average molecular weight is 258 g/mol. The van der Waals surface area contributed by atoms with Crippen molar-refractivity contribution >= 4 is 17.4 Å². The van der Waals surface area contributed by atoms with Gasteiger partial charge in [-0.2, -0.15) is 0 Å². The molecule has 0 radical (unpaired) electrons. The molecule has 0 saturated carbocycles. The largest absolute Gasteiger partial charge is 0.383 e. The Hall–Kier alpha value is -0.870. The van der Waals surface area contributed by atoms with Crippen LogP contribution >= 0.6 is 11.6 Å². The molecule has 0 atom stereocenters. The van der Waals surface area contributed by atoms with E-state index in [1.54, 1.807) is 13.4 Å². The molecule has 4 nitrogen and oxygen atoms in total. The molecule has 1 rings (SSSR count). The van der Waals surface area contributed by atoms with E-state index in [2.05, 4.69) is 21.8 Å². The maximum atomic E-state index is 5.80. The molecule has 0 amide bonds. The summed E-state index contributed by atoms with van der Waals surface area (Å²) in [5.41, 5.74) is 1.08. The van der Waals surface area contributed by atoms with Crippen LogP contribution in [-0.4, -0.2) is 42.7 Å². The molecular formula is C12H20ClN3O. The number of rotatable bonds is 8. The Labute approximate surface area is 108 Å². The van der Waals surface area contributed by atoms with Gasteiger partial charge < -0.3 is 9.64 Å². The fourth-order valence-electron chi connectivity index (χ4n) is 1.60. The second-order valence-electron chi connectivity index (χ2n) is 3.79. The second-order valence-corrected chi connectivity index (χ2v) is 4.16. The van der Waals surface area contributed by atoms with E-state index in [4.69, 9.17) is 16.3 Å². The van der Waals surface area contributed by atoms with Crippen LogP contribution in [0.25, 0.3) is 0 Å². The summed E-state index contributed by atoms with van der Waals surface area (Å²) in [5.74, 6) is 1.51. The highest BCUT2D eigenvalue weighted by Gasteiger charge is 2.08. The monoisotopic (exact) mass is 257 g/mol. The smallest absolute Gasteiger partial charge is 0.132 e. The number of nitrogens with zero attached hydrogens (tertiary/aromatic N) is 3. The molecule has 0 N–H and O–H groups in total. The van der Waals surface area contributed by atoms with Crippen molar-refractivity contribution in [3.8, 4) is 0 Å². The van der Waals surface area contributed by atoms with E-state index < -0.39 is 0 Å². The third kappa shape index (κ3) is 4.88. The van der Waals surface area contributed by atoms with Crippen molar-refractivity contribution in [2.45, 2.75) is 19.8 Å². The van der Waals surface area contributed by atoms with Crippen molar-refractivity contribution in [3.63, 3.8) is 0 Å². The standard InChI is InChI=1S/C12H20ClN3O/c1-3-4-11-9-12(15-10-14-11)16(6-5-13)7-8-17-2/h9-10H,3-8H2,1-2H3. The molecule has 0 aliphatic carbocycles. The minimum atomic E-state index is 0.580. The molecular weight excluding hydrogens is 238 g/mol. The lowest BCUT2D eigenvalue weighted by molar-refractivity contribution is 0.205. The van der Waals surface area contributed by atoms with Gasteiger partial charge in [-0.3, -0.25) is 0 Å². The van der Waals surface area contributed by atoms with Crippen molar-refractivity contribution in [1.82, 2.24) is 9.97 Å². The van der Waals surface area contributed by atoms with Crippen molar-refractivity contribution in [3.05, 3.63) is 18.1 Å². The van der Waals surface area contributed by atoms with Gasteiger partial charge in [-0.25, -0.2) is 9.97 Å². The number of alkyl halides is 1. The minimum Gasteiger partial charge on any atom is -0.383 e. The van der Waals surface area contributed by atoms with Crippen LogP contribution in [0, 0.1) is 0 Å². The summed E-state index contributed by atoms with van der Waals surface area (Å²) in [7, 11) is 1.70. The molecule has 1 aromatic rings. The Bertz CT molecular complexity index is 322. The van der Waals surface area contributed by atoms with Crippen LogP contribution in [0.5, 0.6) is 0 Å². The van der Waals surface area contributed by atoms with Crippen LogP contribution in [0.1, 0.15) is 19.0 Å². The van der Waals surface area contributed by atoms with Gasteiger partial charge in [0.1, 0.15) is 12.1 Å². The topological polar surface area (TPSA) is 38.2 Å². The van der Waals surface area contributed by atoms with Crippen LogP contribution in [0.3, 0.4) is 0 Å². The SMILES string of the molecule is CCCc1cc(N(CCCl)CCOC)ncn1. The number of aromatic nitrogens is 2. The summed E-state index contributed by atoms with van der Waals surface area (Å²) in [4.78, 5) is 10.7. The highest BCUT2D eigenvalue weighted by molar-refractivity contribution is 6.18. The zero-order valence-electron chi connectivity index (χ0n) is 10.5. The summed E-state index contributed by atoms with van der Waals surface area (Å²) in [6.07, 6.45) is 3.69. The lowest BCUT2D eigenvalue weighted by Gasteiger charge is -2.22. The lowest BCUT2D eigenvalue weighted by Crippen LogP contribution is -2.30. The van der Waals surface area contributed by atoms with E-state index in [9.17, 15) is 0 Å². The fraction of sp³-hybridized carbons (Fsp3) is 0.667. The van der Waals surface area contributed by atoms with E-state index in [1.807, 2.05) is 6.07 Å². The van der Waals surface area contributed by atoms with Crippen LogP contribution < -0.4 is 4.90 Å². The van der Waals surface area contributed by atoms with Crippen LogP contribution in [0.15, 0.2) is 12.4 Å². The van der Waals surface area contributed by atoms with Gasteiger partial charge in [-0.05, 0) is 6.42 Å². The first kappa shape index (κ1) is 14.2. The number of methoxy groups -OCH3 is 1. The lowest BCUT2D eigenvalue weighted by atomic mass is 10.2. The first-order valence-electron chi connectivity index (χ1n) is 5.92. The molecule has 5 heteroatoms.